The maximum atomic E-state index is 12.2. The van der Waals surface area contributed by atoms with Crippen molar-refractivity contribution in [2.24, 2.45) is 0 Å². The topological polar surface area (TPSA) is 59.1 Å². The van der Waals surface area contributed by atoms with E-state index in [4.69, 9.17) is 5.73 Å². The molecule has 1 aromatic rings. The van der Waals surface area contributed by atoms with E-state index in [0.29, 0.717) is 0 Å². The first-order valence-electron chi connectivity index (χ1n) is 3.38. The number of rotatable bonds is 2. The molecule has 3 N–H and O–H groups in total. The molecule has 3 nitrogen and oxygen atoms in total. The van der Waals surface area contributed by atoms with Gasteiger partial charge in [0.25, 0.3) is 6.43 Å². The number of anilines is 1. The number of nitrogens with zero attached hydrogens (tertiary/aromatic N) is 1. The van der Waals surface area contributed by atoms with Gasteiger partial charge < -0.3 is 10.8 Å². The molecular formula is C7H7BrF2N2O. The Bertz CT molecular complexity index is 320. The van der Waals surface area contributed by atoms with Crippen molar-refractivity contribution in [2.45, 2.75) is 11.8 Å². The molecule has 1 rings (SSSR count). The molecule has 1 aromatic heterocycles. The Labute approximate surface area is 81.7 Å². The van der Waals surface area contributed by atoms with Gasteiger partial charge in [0.15, 0.2) is 5.75 Å². The third-order valence-electron chi connectivity index (χ3n) is 1.56. The molecule has 0 atom stereocenters. The lowest BCUT2D eigenvalue weighted by molar-refractivity contribution is 0.151. The van der Waals surface area contributed by atoms with E-state index in [0.717, 1.165) is 6.20 Å². The molecule has 0 saturated carbocycles. The van der Waals surface area contributed by atoms with Crippen LogP contribution in [0.2, 0.25) is 0 Å². The van der Waals surface area contributed by atoms with Gasteiger partial charge in [-0.05, 0) is 0 Å². The zero-order valence-electron chi connectivity index (χ0n) is 6.47. The van der Waals surface area contributed by atoms with Crippen LogP contribution >= 0.6 is 15.9 Å². The van der Waals surface area contributed by atoms with E-state index in [9.17, 15) is 13.9 Å². The summed E-state index contributed by atoms with van der Waals surface area (Å²) in [6.07, 6.45) is -1.75. The lowest BCUT2D eigenvalue weighted by atomic mass is 10.2. The van der Waals surface area contributed by atoms with Crippen molar-refractivity contribution in [1.29, 1.82) is 0 Å². The fourth-order valence-corrected chi connectivity index (χ4v) is 1.25. The van der Waals surface area contributed by atoms with Crippen LogP contribution in [0.15, 0.2) is 6.20 Å². The summed E-state index contributed by atoms with van der Waals surface area (Å²) in [4.78, 5) is 3.62. The second-order valence-corrected chi connectivity index (χ2v) is 2.92. The normalized spacial score (nSPS) is 10.8. The number of aromatic nitrogens is 1. The van der Waals surface area contributed by atoms with Crippen LogP contribution in [0.25, 0.3) is 0 Å². The van der Waals surface area contributed by atoms with Crippen molar-refractivity contribution in [3.63, 3.8) is 0 Å². The minimum Gasteiger partial charge on any atom is -0.504 e. The SMILES string of the molecule is Nc1c(C(F)F)cnc(CBr)c1O. The first-order valence-corrected chi connectivity index (χ1v) is 4.50. The van der Waals surface area contributed by atoms with Crippen LogP contribution in [0.5, 0.6) is 5.75 Å². The van der Waals surface area contributed by atoms with Gasteiger partial charge in [-0.3, -0.25) is 4.98 Å². The highest BCUT2D eigenvalue weighted by molar-refractivity contribution is 9.08. The van der Waals surface area contributed by atoms with E-state index in [-0.39, 0.29) is 22.5 Å². The zero-order valence-corrected chi connectivity index (χ0v) is 8.05. The molecule has 0 aliphatic rings. The van der Waals surface area contributed by atoms with Gasteiger partial charge >= 0.3 is 0 Å². The predicted octanol–water partition coefficient (Wildman–Crippen LogP) is 2.20. The third kappa shape index (κ3) is 1.88. The number of nitrogen functional groups attached to an aromatic ring is 1. The molecule has 0 spiro atoms. The maximum absolute atomic E-state index is 12.2. The van der Waals surface area contributed by atoms with E-state index in [1.54, 1.807) is 0 Å². The fourth-order valence-electron chi connectivity index (χ4n) is 0.842. The molecule has 0 amide bonds. The van der Waals surface area contributed by atoms with Crippen molar-refractivity contribution >= 4 is 21.6 Å². The van der Waals surface area contributed by atoms with Crippen molar-refractivity contribution in [1.82, 2.24) is 4.98 Å². The summed E-state index contributed by atoms with van der Waals surface area (Å²) in [7, 11) is 0. The van der Waals surface area contributed by atoms with Gasteiger partial charge in [-0.1, -0.05) is 15.9 Å². The summed E-state index contributed by atoms with van der Waals surface area (Å²) >= 11 is 3.04. The summed E-state index contributed by atoms with van der Waals surface area (Å²) in [6, 6.07) is 0. The number of halogens is 3. The highest BCUT2D eigenvalue weighted by Gasteiger charge is 2.17. The fraction of sp³-hybridized carbons (Fsp3) is 0.286. The van der Waals surface area contributed by atoms with Crippen LogP contribution in [-0.2, 0) is 5.33 Å². The Morgan fingerprint density at radius 3 is 2.69 bits per heavy atom. The van der Waals surface area contributed by atoms with Crippen LogP contribution in [0.1, 0.15) is 17.7 Å². The lowest BCUT2D eigenvalue weighted by Gasteiger charge is -2.08. The van der Waals surface area contributed by atoms with Gasteiger partial charge in [0.2, 0.25) is 0 Å². The third-order valence-corrected chi connectivity index (χ3v) is 2.09. The van der Waals surface area contributed by atoms with Crippen molar-refractivity contribution in [3.05, 3.63) is 17.5 Å². The van der Waals surface area contributed by atoms with Gasteiger partial charge in [-0.15, -0.1) is 0 Å². The average molecular weight is 253 g/mol. The van der Waals surface area contributed by atoms with E-state index >= 15 is 0 Å². The Hall–Kier alpha value is -0.910. The molecule has 13 heavy (non-hydrogen) atoms. The second-order valence-electron chi connectivity index (χ2n) is 2.36. The number of aromatic hydroxyl groups is 1. The Morgan fingerprint density at radius 1 is 1.62 bits per heavy atom. The molecule has 0 radical (unpaired) electrons. The maximum Gasteiger partial charge on any atom is 0.267 e. The highest BCUT2D eigenvalue weighted by atomic mass is 79.9. The molecule has 0 aromatic carbocycles. The van der Waals surface area contributed by atoms with Crippen LogP contribution in [0.4, 0.5) is 14.5 Å². The van der Waals surface area contributed by atoms with Crippen LogP contribution in [0.3, 0.4) is 0 Å². The lowest BCUT2D eigenvalue weighted by Crippen LogP contribution is -1.99. The van der Waals surface area contributed by atoms with Crippen molar-refractivity contribution in [2.75, 3.05) is 5.73 Å². The van der Waals surface area contributed by atoms with Crippen LogP contribution < -0.4 is 5.73 Å². The second kappa shape index (κ2) is 3.87. The molecule has 0 fully saturated rings. The number of hydrogen-bond donors (Lipinski definition) is 2. The molecule has 0 aliphatic carbocycles. The quantitative estimate of drug-likeness (QED) is 0.794. The largest absolute Gasteiger partial charge is 0.504 e. The number of alkyl halides is 3. The van der Waals surface area contributed by atoms with E-state index in [2.05, 4.69) is 20.9 Å². The molecule has 0 aliphatic heterocycles. The molecule has 72 valence electrons. The van der Waals surface area contributed by atoms with Crippen molar-refractivity contribution < 1.29 is 13.9 Å². The average Bonchev–Trinajstić information content (AvgIpc) is 2.09. The number of hydrogen-bond acceptors (Lipinski definition) is 3. The monoisotopic (exact) mass is 252 g/mol. The zero-order chi connectivity index (χ0) is 10.0. The summed E-state index contributed by atoms with van der Waals surface area (Å²) in [5.74, 6) is -0.380. The predicted molar refractivity (Wildman–Crippen MR) is 47.9 cm³/mol. The Balaban J connectivity index is 3.23. The van der Waals surface area contributed by atoms with Gasteiger partial charge in [-0.25, -0.2) is 8.78 Å². The summed E-state index contributed by atoms with van der Waals surface area (Å²) in [5.41, 5.74) is 4.77. The summed E-state index contributed by atoms with van der Waals surface area (Å²) < 4.78 is 24.4. The Kier molecular flexibility index (Phi) is 3.02. The van der Waals surface area contributed by atoms with Crippen molar-refractivity contribution in [3.8, 4) is 5.75 Å². The number of pyridine rings is 1. The molecule has 6 heteroatoms. The minimum atomic E-state index is -2.72. The van der Waals surface area contributed by atoms with E-state index in [1.807, 2.05) is 0 Å². The molecule has 1 heterocycles. The van der Waals surface area contributed by atoms with Gasteiger partial charge in [-0.2, -0.15) is 0 Å². The van der Waals surface area contributed by atoms with Gasteiger partial charge in [0.05, 0.1) is 16.9 Å². The van der Waals surface area contributed by atoms with E-state index < -0.39 is 12.0 Å². The Morgan fingerprint density at radius 2 is 2.23 bits per heavy atom. The molecule has 0 saturated heterocycles. The standard InChI is InChI=1S/C7H7BrF2N2O/c8-1-4-6(13)5(11)3(2-12-4)7(9)10/h2,7,13H,1H2,(H2,11,12). The number of nitrogens with two attached hydrogens (primary N) is 1. The molecule has 0 bridgehead atoms. The summed E-state index contributed by atoms with van der Waals surface area (Å²) in [5, 5.41) is 9.55. The van der Waals surface area contributed by atoms with Crippen LogP contribution in [0, 0.1) is 0 Å². The van der Waals surface area contributed by atoms with E-state index in [1.165, 1.54) is 0 Å². The van der Waals surface area contributed by atoms with Gasteiger partial charge in [0.1, 0.15) is 0 Å². The van der Waals surface area contributed by atoms with Gasteiger partial charge in [0, 0.05) is 11.5 Å². The smallest absolute Gasteiger partial charge is 0.267 e. The first-order chi connectivity index (χ1) is 6.07. The van der Waals surface area contributed by atoms with Crippen LogP contribution in [-0.4, -0.2) is 10.1 Å². The molecular weight excluding hydrogens is 246 g/mol. The highest BCUT2D eigenvalue weighted by Crippen LogP contribution is 2.33. The summed E-state index contributed by atoms with van der Waals surface area (Å²) in [6.45, 7) is 0. The minimum absolute atomic E-state index is 0.252. The first kappa shape index (κ1) is 10.2. The molecule has 0 unspecified atom stereocenters.